The fourth-order valence-corrected chi connectivity index (χ4v) is 2.43. The van der Waals surface area contributed by atoms with E-state index in [1.54, 1.807) is 42.1 Å². The van der Waals surface area contributed by atoms with Gasteiger partial charge in [0, 0.05) is 32.5 Å². The molecule has 0 bridgehead atoms. The molecular weight excluding hydrogens is 298 g/mol. The van der Waals surface area contributed by atoms with Crippen molar-refractivity contribution in [3.05, 3.63) is 36.2 Å². The highest BCUT2D eigenvalue weighted by molar-refractivity contribution is 6.19. The number of amides is 4. The lowest BCUT2D eigenvalue weighted by molar-refractivity contribution is -0.129. The lowest BCUT2D eigenvalue weighted by Crippen LogP contribution is -2.48. The van der Waals surface area contributed by atoms with Crippen LogP contribution in [0.3, 0.4) is 0 Å². The van der Waals surface area contributed by atoms with Gasteiger partial charge in [-0.2, -0.15) is 4.99 Å². The average Bonchev–Trinajstić information content (AvgIpc) is 2.96. The maximum atomic E-state index is 12.3. The minimum atomic E-state index is -0.651. The van der Waals surface area contributed by atoms with Crippen LogP contribution in [0.5, 0.6) is 0 Å². The van der Waals surface area contributed by atoms with Crippen molar-refractivity contribution in [2.75, 3.05) is 13.1 Å². The Bertz CT molecular complexity index is 759. The monoisotopic (exact) mass is 313 g/mol. The van der Waals surface area contributed by atoms with E-state index in [1.807, 2.05) is 0 Å². The highest BCUT2D eigenvalue weighted by Gasteiger charge is 2.36. The Morgan fingerprint density at radius 2 is 2.22 bits per heavy atom. The summed E-state index contributed by atoms with van der Waals surface area (Å²) in [6, 6.07) is 2.80. The van der Waals surface area contributed by atoms with E-state index in [0.717, 1.165) is 4.90 Å². The van der Waals surface area contributed by atoms with E-state index < -0.39 is 11.9 Å². The zero-order chi connectivity index (χ0) is 16.4. The molecule has 8 nitrogen and oxygen atoms in total. The van der Waals surface area contributed by atoms with Crippen molar-refractivity contribution in [2.45, 2.75) is 0 Å². The van der Waals surface area contributed by atoms with Gasteiger partial charge in [-0.05, 0) is 18.2 Å². The van der Waals surface area contributed by atoms with Crippen LogP contribution < -0.4 is 5.32 Å². The third kappa shape index (κ3) is 2.83. The number of aliphatic imine (C=N–C) groups is 2. The SMILES string of the molecule is Cn1cccc1C(=O)NCCN1C(=O)N=C2N=CC=CC2C1=O. The summed E-state index contributed by atoms with van der Waals surface area (Å²) in [5.74, 6) is -1.05. The molecule has 0 aromatic carbocycles. The number of fused-ring (bicyclic) bond motifs is 1. The van der Waals surface area contributed by atoms with Crippen molar-refractivity contribution in [2.24, 2.45) is 23.0 Å². The lowest BCUT2D eigenvalue weighted by atomic mass is 10.0. The summed E-state index contributed by atoms with van der Waals surface area (Å²) in [4.78, 5) is 45.0. The zero-order valence-corrected chi connectivity index (χ0v) is 12.5. The van der Waals surface area contributed by atoms with Crippen LogP contribution in [0.15, 0.2) is 40.5 Å². The summed E-state index contributed by atoms with van der Waals surface area (Å²) >= 11 is 0. The molecule has 0 radical (unpaired) electrons. The minimum absolute atomic E-state index is 0.0681. The van der Waals surface area contributed by atoms with Gasteiger partial charge < -0.3 is 9.88 Å². The van der Waals surface area contributed by atoms with E-state index in [0.29, 0.717) is 5.69 Å². The van der Waals surface area contributed by atoms with Crippen molar-refractivity contribution in [3.63, 3.8) is 0 Å². The quantitative estimate of drug-likeness (QED) is 0.870. The molecule has 0 saturated heterocycles. The van der Waals surface area contributed by atoms with Gasteiger partial charge in [0.05, 0.1) is 0 Å². The number of hydrogen-bond acceptors (Lipinski definition) is 4. The smallest absolute Gasteiger partial charge is 0.349 e. The summed E-state index contributed by atoms with van der Waals surface area (Å²) in [5, 5.41) is 2.68. The zero-order valence-electron chi connectivity index (χ0n) is 12.5. The number of urea groups is 1. The Balaban J connectivity index is 1.61. The second-order valence-electron chi connectivity index (χ2n) is 5.14. The molecule has 1 aromatic rings. The second kappa shape index (κ2) is 5.99. The normalized spacial score (nSPS) is 19.6. The number of nitrogens with zero attached hydrogens (tertiary/aromatic N) is 4. The molecule has 1 atom stereocenters. The van der Waals surface area contributed by atoms with Crippen LogP contribution in [-0.2, 0) is 11.8 Å². The number of rotatable bonds is 4. The number of carbonyl (C=O) groups is 3. The van der Waals surface area contributed by atoms with Gasteiger partial charge in [0.2, 0.25) is 5.91 Å². The third-order valence-corrected chi connectivity index (χ3v) is 3.65. The number of imide groups is 1. The average molecular weight is 313 g/mol. The summed E-state index contributed by atoms with van der Waals surface area (Å²) in [5.41, 5.74) is 0.506. The third-order valence-electron chi connectivity index (χ3n) is 3.65. The summed E-state index contributed by atoms with van der Waals surface area (Å²) < 4.78 is 1.69. The Kier molecular flexibility index (Phi) is 3.88. The Labute approximate surface area is 132 Å². The number of aryl methyl sites for hydroxylation is 1. The number of amidine groups is 1. The van der Waals surface area contributed by atoms with Gasteiger partial charge in [0.1, 0.15) is 17.4 Å². The largest absolute Gasteiger partial charge is 0.352 e. The fourth-order valence-electron chi connectivity index (χ4n) is 2.43. The van der Waals surface area contributed by atoms with Crippen LogP contribution >= 0.6 is 0 Å². The van der Waals surface area contributed by atoms with E-state index in [4.69, 9.17) is 0 Å². The Hall–Kier alpha value is -3.03. The highest BCUT2D eigenvalue weighted by atomic mass is 16.2. The molecule has 3 heterocycles. The van der Waals surface area contributed by atoms with E-state index in [1.165, 1.54) is 6.21 Å². The molecule has 2 aliphatic heterocycles. The topological polar surface area (TPSA) is 96.1 Å². The van der Waals surface area contributed by atoms with Crippen LogP contribution in [0, 0.1) is 5.92 Å². The molecule has 0 spiro atoms. The second-order valence-corrected chi connectivity index (χ2v) is 5.14. The van der Waals surface area contributed by atoms with Gasteiger partial charge in [-0.1, -0.05) is 6.08 Å². The highest BCUT2D eigenvalue weighted by Crippen LogP contribution is 2.18. The van der Waals surface area contributed by atoms with Crippen LogP contribution in [0.1, 0.15) is 10.5 Å². The molecule has 0 aliphatic carbocycles. The first kappa shape index (κ1) is 14.9. The standard InChI is InChI=1S/C15H15N5O3/c1-19-8-3-5-11(19)13(21)17-7-9-20-14(22)10-4-2-6-16-12(10)18-15(20)23/h2-6,8,10H,7,9H2,1H3,(H,17,21). The maximum absolute atomic E-state index is 12.3. The van der Waals surface area contributed by atoms with E-state index in [9.17, 15) is 14.4 Å². The van der Waals surface area contributed by atoms with Crippen molar-refractivity contribution >= 4 is 29.9 Å². The summed E-state index contributed by atoms with van der Waals surface area (Å²) in [6.07, 6.45) is 6.55. The van der Waals surface area contributed by atoms with Crippen LogP contribution in [0.25, 0.3) is 0 Å². The number of nitrogens with one attached hydrogen (secondary N) is 1. The van der Waals surface area contributed by atoms with Crippen LogP contribution in [0.4, 0.5) is 4.79 Å². The van der Waals surface area contributed by atoms with E-state index in [2.05, 4.69) is 15.3 Å². The number of allylic oxidation sites excluding steroid dienone is 1. The van der Waals surface area contributed by atoms with Crippen LogP contribution in [-0.4, -0.2) is 52.5 Å². The Morgan fingerprint density at radius 1 is 1.39 bits per heavy atom. The number of dihydropyridines is 1. The molecule has 1 N–H and O–H groups in total. The first-order valence-corrected chi connectivity index (χ1v) is 7.12. The lowest BCUT2D eigenvalue weighted by Gasteiger charge is -2.27. The van der Waals surface area contributed by atoms with Gasteiger partial charge in [-0.15, -0.1) is 0 Å². The maximum Gasteiger partial charge on any atom is 0.352 e. The molecular formula is C15H15N5O3. The number of hydrogen-bond donors (Lipinski definition) is 1. The molecule has 2 aliphatic rings. The fraction of sp³-hybridized carbons (Fsp3) is 0.267. The van der Waals surface area contributed by atoms with Gasteiger partial charge >= 0.3 is 6.03 Å². The van der Waals surface area contributed by atoms with Gasteiger partial charge in [0.25, 0.3) is 5.91 Å². The molecule has 0 saturated carbocycles. The van der Waals surface area contributed by atoms with Crippen molar-refractivity contribution < 1.29 is 14.4 Å². The molecule has 0 fully saturated rings. The molecule has 8 heteroatoms. The van der Waals surface area contributed by atoms with Crippen molar-refractivity contribution in [1.29, 1.82) is 0 Å². The number of aromatic nitrogens is 1. The van der Waals surface area contributed by atoms with E-state index >= 15 is 0 Å². The molecule has 3 rings (SSSR count). The van der Waals surface area contributed by atoms with Gasteiger partial charge in [-0.25, -0.2) is 9.79 Å². The van der Waals surface area contributed by atoms with E-state index in [-0.39, 0.29) is 30.7 Å². The predicted octanol–water partition coefficient (Wildman–Crippen LogP) is 0.372. The predicted molar refractivity (Wildman–Crippen MR) is 83.4 cm³/mol. The number of carbonyl (C=O) groups excluding carboxylic acids is 3. The Morgan fingerprint density at radius 3 is 2.96 bits per heavy atom. The molecule has 4 amide bonds. The summed E-state index contributed by atoms with van der Waals surface area (Å²) in [7, 11) is 1.76. The van der Waals surface area contributed by atoms with Gasteiger partial charge in [-0.3, -0.25) is 14.5 Å². The molecule has 1 aromatic heterocycles. The van der Waals surface area contributed by atoms with Crippen LogP contribution in [0.2, 0.25) is 0 Å². The van der Waals surface area contributed by atoms with Crippen molar-refractivity contribution in [1.82, 2.24) is 14.8 Å². The van der Waals surface area contributed by atoms with Gasteiger partial charge in [0.15, 0.2) is 0 Å². The first-order valence-electron chi connectivity index (χ1n) is 7.12. The summed E-state index contributed by atoms with van der Waals surface area (Å²) in [6.45, 7) is 0.227. The molecule has 1 unspecified atom stereocenters. The minimum Gasteiger partial charge on any atom is -0.349 e. The van der Waals surface area contributed by atoms with Crippen molar-refractivity contribution in [3.8, 4) is 0 Å². The molecule has 23 heavy (non-hydrogen) atoms. The first-order chi connectivity index (χ1) is 11.1. The molecule has 118 valence electrons.